The van der Waals surface area contributed by atoms with E-state index < -0.39 is 4.92 Å². The van der Waals surface area contributed by atoms with Gasteiger partial charge in [0.05, 0.1) is 0 Å². The molecule has 106 valence electrons. The van der Waals surface area contributed by atoms with E-state index in [-0.39, 0.29) is 5.82 Å². The highest BCUT2D eigenvalue weighted by atomic mass is 16.6. The van der Waals surface area contributed by atoms with Crippen LogP contribution in [0.2, 0.25) is 0 Å². The van der Waals surface area contributed by atoms with Crippen molar-refractivity contribution in [2.75, 3.05) is 5.32 Å². The summed E-state index contributed by atoms with van der Waals surface area (Å²) in [6, 6.07) is 0.302. The van der Waals surface area contributed by atoms with Crippen LogP contribution in [0.5, 0.6) is 0 Å². The molecule has 6 nitrogen and oxygen atoms in total. The second kappa shape index (κ2) is 5.59. The Hall–Kier alpha value is -1.59. The van der Waals surface area contributed by atoms with Gasteiger partial charge in [-0.1, -0.05) is 26.2 Å². The van der Waals surface area contributed by atoms with E-state index in [1.54, 1.807) is 11.5 Å². The summed E-state index contributed by atoms with van der Waals surface area (Å²) in [6.07, 6.45) is 5.96. The molecule has 1 saturated carbocycles. The van der Waals surface area contributed by atoms with Gasteiger partial charge in [-0.3, -0.25) is 4.57 Å². The lowest BCUT2D eigenvalue weighted by Gasteiger charge is -2.23. The molecule has 1 heterocycles. The number of aryl methyl sites for hydroxylation is 1. The Balaban J connectivity index is 2.24. The predicted octanol–water partition coefficient (Wildman–Crippen LogP) is 3.02. The molecule has 1 N–H and O–H groups in total. The lowest BCUT2D eigenvalue weighted by Crippen LogP contribution is -2.27. The van der Waals surface area contributed by atoms with Crippen LogP contribution < -0.4 is 5.32 Å². The van der Waals surface area contributed by atoms with Crippen LogP contribution in [0.4, 0.5) is 11.6 Å². The Morgan fingerprint density at radius 2 is 2.05 bits per heavy atom. The molecular weight excluding hydrogens is 244 g/mol. The fourth-order valence-corrected chi connectivity index (χ4v) is 2.76. The maximum atomic E-state index is 11.1. The van der Waals surface area contributed by atoms with E-state index in [4.69, 9.17) is 0 Å². The van der Waals surface area contributed by atoms with Gasteiger partial charge in [0, 0.05) is 20.0 Å². The standard InChI is InChI=1S/C13H22N4O2/c1-9-7-5-4-6-8-11(9)15-12-13(17(18)19)14-10(2)16(12)3/h9,11,15H,4-8H2,1-3H3. The summed E-state index contributed by atoms with van der Waals surface area (Å²) < 4.78 is 1.77. The van der Waals surface area contributed by atoms with E-state index in [1.165, 1.54) is 25.7 Å². The molecule has 0 spiro atoms. The van der Waals surface area contributed by atoms with Crippen molar-refractivity contribution in [1.29, 1.82) is 0 Å². The van der Waals surface area contributed by atoms with Gasteiger partial charge in [-0.05, 0) is 28.7 Å². The van der Waals surface area contributed by atoms with Crippen LogP contribution in [0.25, 0.3) is 0 Å². The number of nitrogens with one attached hydrogen (secondary N) is 1. The molecule has 1 aromatic rings. The SMILES string of the molecule is Cc1nc([N+](=O)[O-])c(NC2CCCCCC2C)n1C. The monoisotopic (exact) mass is 266 g/mol. The third-order valence-corrected chi connectivity index (χ3v) is 4.16. The van der Waals surface area contributed by atoms with E-state index in [9.17, 15) is 10.1 Å². The molecule has 1 aliphatic carbocycles. The normalized spacial score (nSPS) is 23.9. The topological polar surface area (TPSA) is 73.0 Å². The van der Waals surface area contributed by atoms with Crippen molar-refractivity contribution < 1.29 is 4.92 Å². The molecule has 1 aromatic heterocycles. The second-order valence-electron chi connectivity index (χ2n) is 5.51. The summed E-state index contributed by atoms with van der Waals surface area (Å²) in [4.78, 5) is 14.7. The third-order valence-electron chi connectivity index (χ3n) is 4.16. The highest BCUT2D eigenvalue weighted by Crippen LogP contribution is 2.30. The Morgan fingerprint density at radius 1 is 1.37 bits per heavy atom. The van der Waals surface area contributed by atoms with E-state index in [1.807, 2.05) is 7.05 Å². The zero-order valence-corrected chi connectivity index (χ0v) is 11.8. The minimum absolute atomic E-state index is 0.0588. The van der Waals surface area contributed by atoms with Crippen LogP contribution in [0.1, 0.15) is 44.9 Å². The van der Waals surface area contributed by atoms with Crippen molar-refractivity contribution in [2.24, 2.45) is 13.0 Å². The van der Waals surface area contributed by atoms with Gasteiger partial charge in [0.2, 0.25) is 11.6 Å². The first-order valence-electron chi connectivity index (χ1n) is 6.95. The van der Waals surface area contributed by atoms with Gasteiger partial charge in [0.1, 0.15) is 0 Å². The number of aromatic nitrogens is 2. The van der Waals surface area contributed by atoms with Gasteiger partial charge in [0.15, 0.2) is 0 Å². The number of nitro groups is 1. The van der Waals surface area contributed by atoms with Crippen molar-refractivity contribution in [1.82, 2.24) is 9.55 Å². The van der Waals surface area contributed by atoms with Crippen LogP contribution in [0.15, 0.2) is 0 Å². The Labute approximate surface area is 113 Å². The molecule has 2 atom stereocenters. The first kappa shape index (κ1) is 13.8. The van der Waals surface area contributed by atoms with E-state index in [2.05, 4.69) is 17.2 Å². The van der Waals surface area contributed by atoms with E-state index in [0.29, 0.717) is 23.6 Å². The Kier molecular flexibility index (Phi) is 4.07. The highest BCUT2D eigenvalue weighted by Gasteiger charge is 2.28. The van der Waals surface area contributed by atoms with Gasteiger partial charge >= 0.3 is 5.82 Å². The van der Waals surface area contributed by atoms with Crippen LogP contribution in [-0.4, -0.2) is 20.5 Å². The molecule has 0 amide bonds. The van der Waals surface area contributed by atoms with Gasteiger partial charge in [-0.25, -0.2) is 0 Å². The average Bonchev–Trinajstić information content (AvgIpc) is 2.52. The number of nitrogens with zero attached hydrogens (tertiary/aromatic N) is 3. The third kappa shape index (κ3) is 2.88. The molecule has 19 heavy (non-hydrogen) atoms. The fraction of sp³-hybridized carbons (Fsp3) is 0.769. The van der Waals surface area contributed by atoms with E-state index >= 15 is 0 Å². The zero-order valence-electron chi connectivity index (χ0n) is 11.8. The summed E-state index contributed by atoms with van der Waals surface area (Å²) in [5, 5.41) is 14.4. The smallest absolute Gasteiger partial charge is 0.361 e. The average molecular weight is 266 g/mol. The van der Waals surface area contributed by atoms with E-state index in [0.717, 1.165) is 6.42 Å². The molecule has 0 bridgehead atoms. The minimum Gasteiger partial charge on any atom is -0.361 e. The fourth-order valence-electron chi connectivity index (χ4n) is 2.76. The number of anilines is 1. The molecule has 0 radical (unpaired) electrons. The van der Waals surface area contributed by atoms with Gasteiger partial charge in [-0.15, -0.1) is 0 Å². The van der Waals surface area contributed by atoms with Crippen molar-refractivity contribution in [3.8, 4) is 0 Å². The van der Waals surface area contributed by atoms with Crippen LogP contribution in [0.3, 0.4) is 0 Å². The number of imidazole rings is 1. The molecule has 2 unspecified atom stereocenters. The zero-order chi connectivity index (χ0) is 14.0. The van der Waals surface area contributed by atoms with Gasteiger partial charge in [0.25, 0.3) is 0 Å². The van der Waals surface area contributed by atoms with Gasteiger partial charge in [-0.2, -0.15) is 0 Å². The summed E-state index contributed by atoms with van der Waals surface area (Å²) in [5.41, 5.74) is 0. The van der Waals surface area contributed by atoms with Crippen molar-refractivity contribution in [2.45, 2.75) is 52.0 Å². The first-order valence-corrected chi connectivity index (χ1v) is 6.95. The molecule has 0 saturated heterocycles. The maximum absolute atomic E-state index is 11.1. The molecule has 1 fully saturated rings. The Bertz CT molecular complexity index is 469. The number of rotatable bonds is 3. The van der Waals surface area contributed by atoms with Crippen LogP contribution in [-0.2, 0) is 7.05 Å². The lowest BCUT2D eigenvalue weighted by molar-refractivity contribution is -0.388. The quantitative estimate of drug-likeness (QED) is 0.518. The molecular formula is C13H22N4O2. The maximum Gasteiger partial charge on any atom is 0.406 e. The van der Waals surface area contributed by atoms with Gasteiger partial charge < -0.3 is 15.4 Å². The molecule has 6 heteroatoms. The van der Waals surface area contributed by atoms with Crippen molar-refractivity contribution >= 4 is 11.6 Å². The van der Waals surface area contributed by atoms with Crippen molar-refractivity contribution in [3.63, 3.8) is 0 Å². The largest absolute Gasteiger partial charge is 0.406 e. The summed E-state index contributed by atoms with van der Waals surface area (Å²) in [6.45, 7) is 4.01. The molecule has 1 aliphatic rings. The predicted molar refractivity (Wildman–Crippen MR) is 74.3 cm³/mol. The first-order chi connectivity index (χ1) is 9.00. The second-order valence-corrected chi connectivity index (χ2v) is 5.51. The molecule has 2 rings (SSSR count). The van der Waals surface area contributed by atoms with Crippen LogP contribution in [0, 0.1) is 23.0 Å². The highest BCUT2D eigenvalue weighted by molar-refractivity contribution is 5.54. The minimum atomic E-state index is -0.406. The van der Waals surface area contributed by atoms with Crippen LogP contribution >= 0.6 is 0 Å². The molecule has 0 aromatic carbocycles. The summed E-state index contributed by atoms with van der Waals surface area (Å²) >= 11 is 0. The van der Waals surface area contributed by atoms with Crippen molar-refractivity contribution in [3.05, 3.63) is 15.9 Å². The summed E-state index contributed by atoms with van der Waals surface area (Å²) in [5.74, 6) is 1.69. The summed E-state index contributed by atoms with van der Waals surface area (Å²) in [7, 11) is 1.82. The molecule has 0 aliphatic heterocycles. The number of hydrogen-bond acceptors (Lipinski definition) is 4. The Morgan fingerprint density at radius 3 is 2.74 bits per heavy atom. The number of hydrogen-bond donors (Lipinski definition) is 1. The lowest BCUT2D eigenvalue weighted by atomic mass is 9.97.